The molecule has 0 bridgehead atoms. The molecule has 2 saturated heterocycles. The van der Waals surface area contributed by atoms with E-state index >= 15 is 0 Å². The molecule has 5 nitrogen and oxygen atoms in total. The van der Waals surface area contributed by atoms with E-state index in [0.717, 1.165) is 5.75 Å². The molecule has 0 atom stereocenters. The van der Waals surface area contributed by atoms with E-state index in [9.17, 15) is 14.0 Å². The molecule has 2 amide bonds. The Kier molecular flexibility index (Phi) is 4.48. The summed E-state index contributed by atoms with van der Waals surface area (Å²) in [6.45, 7) is 1.77. The summed E-state index contributed by atoms with van der Waals surface area (Å²) in [5.74, 6) is 0.566. The number of piperidine rings is 1. The number of nitrogens with zero attached hydrogens (tertiary/aromatic N) is 2. The molecule has 1 aromatic heterocycles. The fourth-order valence-electron chi connectivity index (χ4n) is 3.71. The van der Waals surface area contributed by atoms with Crippen LogP contribution in [0, 0.1) is 5.82 Å². The van der Waals surface area contributed by atoms with Crippen molar-refractivity contribution in [2.75, 3.05) is 25.4 Å². The summed E-state index contributed by atoms with van der Waals surface area (Å²) in [5.41, 5.74) is 0.364. The van der Waals surface area contributed by atoms with Crippen molar-refractivity contribution in [1.29, 1.82) is 0 Å². The Balaban J connectivity index is 1.47. The van der Waals surface area contributed by atoms with E-state index in [-0.39, 0.29) is 16.7 Å². The van der Waals surface area contributed by atoms with Crippen LogP contribution < -0.4 is 0 Å². The molecule has 136 valence electrons. The Bertz CT molecular complexity index is 816. The number of carbonyl (C=O) groups is 2. The average Bonchev–Trinajstić information content (AvgIpc) is 3.32. The maximum atomic E-state index is 13.4. The highest BCUT2D eigenvalue weighted by molar-refractivity contribution is 8.00. The highest BCUT2D eigenvalue weighted by atomic mass is 32.2. The zero-order valence-electron chi connectivity index (χ0n) is 14.2. The quantitative estimate of drug-likeness (QED) is 0.810. The van der Waals surface area contributed by atoms with Crippen molar-refractivity contribution >= 4 is 23.6 Å². The molecule has 0 N–H and O–H groups in total. The maximum Gasteiger partial charge on any atom is 0.290 e. The first-order chi connectivity index (χ1) is 12.6. The molecule has 2 aliphatic rings. The van der Waals surface area contributed by atoms with Gasteiger partial charge in [0, 0.05) is 31.0 Å². The molecule has 2 fully saturated rings. The molecule has 0 saturated carbocycles. The first-order valence-corrected chi connectivity index (χ1v) is 9.62. The molecule has 4 rings (SSSR count). The lowest BCUT2D eigenvalue weighted by Gasteiger charge is -2.43. The summed E-state index contributed by atoms with van der Waals surface area (Å²) in [6, 6.07) is 9.17. The highest BCUT2D eigenvalue weighted by Crippen LogP contribution is 2.44. The van der Waals surface area contributed by atoms with Gasteiger partial charge in [-0.2, -0.15) is 0 Å². The van der Waals surface area contributed by atoms with Crippen molar-refractivity contribution in [2.24, 2.45) is 0 Å². The van der Waals surface area contributed by atoms with Crippen LogP contribution in [0.4, 0.5) is 4.39 Å². The van der Waals surface area contributed by atoms with Crippen LogP contribution in [-0.2, 0) is 0 Å². The number of benzene rings is 1. The number of thioether (sulfide) groups is 1. The van der Waals surface area contributed by atoms with Gasteiger partial charge in [0.2, 0.25) is 0 Å². The lowest BCUT2D eigenvalue weighted by Crippen LogP contribution is -2.53. The van der Waals surface area contributed by atoms with Gasteiger partial charge in [-0.1, -0.05) is 6.07 Å². The van der Waals surface area contributed by atoms with Crippen LogP contribution in [0.15, 0.2) is 47.1 Å². The predicted molar refractivity (Wildman–Crippen MR) is 96.5 cm³/mol. The Morgan fingerprint density at radius 3 is 2.58 bits per heavy atom. The van der Waals surface area contributed by atoms with Crippen LogP contribution in [0.5, 0.6) is 0 Å². The summed E-state index contributed by atoms with van der Waals surface area (Å²) >= 11 is 1.78. The van der Waals surface area contributed by atoms with Gasteiger partial charge in [0.15, 0.2) is 5.76 Å². The lowest BCUT2D eigenvalue weighted by molar-refractivity contribution is 0.0477. The predicted octanol–water partition coefficient (Wildman–Crippen LogP) is 3.24. The maximum absolute atomic E-state index is 13.4. The number of carbonyl (C=O) groups excluding carboxylic acids is 2. The molecule has 3 heterocycles. The van der Waals surface area contributed by atoms with Crippen molar-refractivity contribution in [3.63, 3.8) is 0 Å². The summed E-state index contributed by atoms with van der Waals surface area (Å²) in [4.78, 5) is 28.7. The van der Waals surface area contributed by atoms with Crippen molar-refractivity contribution in [3.8, 4) is 0 Å². The van der Waals surface area contributed by atoms with Crippen molar-refractivity contribution < 1.29 is 18.4 Å². The largest absolute Gasteiger partial charge is 0.459 e. The average molecular weight is 374 g/mol. The minimum atomic E-state index is -0.411. The van der Waals surface area contributed by atoms with Crippen LogP contribution in [0.1, 0.15) is 33.8 Å². The molecule has 0 aliphatic carbocycles. The third kappa shape index (κ3) is 3.00. The Hall–Kier alpha value is -2.28. The Labute approximate surface area is 155 Å². The van der Waals surface area contributed by atoms with Gasteiger partial charge in [-0.25, -0.2) is 4.39 Å². The molecule has 1 spiro atoms. The van der Waals surface area contributed by atoms with Crippen molar-refractivity contribution in [1.82, 2.24) is 9.80 Å². The van der Waals surface area contributed by atoms with E-state index in [0.29, 0.717) is 43.8 Å². The fourth-order valence-corrected chi connectivity index (χ4v) is 5.16. The van der Waals surface area contributed by atoms with Gasteiger partial charge >= 0.3 is 0 Å². The van der Waals surface area contributed by atoms with E-state index in [1.807, 2.05) is 4.90 Å². The Morgan fingerprint density at radius 2 is 1.88 bits per heavy atom. The summed E-state index contributed by atoms with van der Waals surface area (Å²) in [6.07, 6.45) is 2.90. The first kappa shape index (κ1) is 17.1. The molecule has 2 aromatic rings. The number of halogens is 1. The van der Waals surface area contributed by atoms with Gasteiger partial charge in [-0.05, 0) is 43.2 Å². The zero-order chi connectivity index (χ0) is 18.1. The highest BCUT2D eigenvalue weighted by Gasteiger charge is 2.47. The van der Waals surface area contributed by atoms with Crippen LogP contribution >= 0.6 is 11.8 Å². The molecule has 1 aromatic carbocycles. The Morgan fingerprint density at radius 1 is 1.08 bits per heavy atom. The minimum absolute atomic E-state index is 0.0927. The molecule has 0 unspecified atom stereocenters. The minimum Gasteiger partial charge on any atom is -0.459 e. The second-order valence-electron chi connectivity index (χ2n) is 6.53. The van der Waals surface area contributed by atoms with Crippen LogP contribution in [0.3, 0.4) is 0 Å². The van der Waals surface area contributed by atoms with Crippen LogP contribution in [-0.4, -0.2) is 51.9 Å². The molecule has 26 heavy (non-hydrogen) atoms. The lowest BCUT2D eigenvalue weighted by atomic mass is 10.0. The molecular formula is C19H19FN2O3S. The normalized spacial score (nSPS) is 19.1. The number of amides is 2. The van der Waals surface area contributed by atoms with Crippen LogP contribution in [0.25, 0.3) is 0 Å². The number of rotatable bonds is 2. The van der Waals surface area contributed by atoms with E-state index < -0.39 is 5.82 Å². The fraction of sp³-hybridized carbons (Fsp3) is 0.368. The van der Waals surface area contributed by atoms with E-state index in [2.05, 4.69) is 0 Å². The van der Waals surface area contributed by atoms with Crippen molar-refractivity contribution in [3.05, 3.63) is 59.8 Å². The van der Waals surface area contributed by atoms with E-state index in [1.54, 1.807) is 40.9 Å². The van der Waals surface area contributed by atoms with Gasteiger partial charge in [0.1, 0.15) is 5.82 Å². The number of likely N-dealkylation sites (tertiary alicyclic amines) is 1. The first-order valence-electron chi connectivity index (χ1n) is 8.63. The molecule has 2 aliphatic heterocycles. The van der Waals surface area contributed by atoms with Gasteiger partial charge < -0.3 is 14.2 Å². The van der Waals surface area contributed by atoms with Gasteiger partial charge in [-0.15, -0.1) is 11.8 Å². The third-order valence-electron chi connectivity index (χ3n) is 5.06. The molecule has 7 heteroatoms. The number of hydrogen-bond acceptors (Lipinski definition) is 4. The second-order valence-corrected chi connectivity index (χ2v) is 7.99. The SMILES string of the molecule is O=C(c1cccc(F)c1)N1CCC2(CC1)SCCN2C(=O)c1ccco1. The van der Waals surface area contributed by atoms with Crippen LogP contribution in [0.2, 0.25) is 0 Å². The smallest absolute Gasteiger partial charge is 0.290 e. The van der Waals surface area contributed by atoms with Gasteiger partial charge in [0.05, 0.1) is 11.1 Å². The second kappa shape index (κ2) is 6.79. The molecular weight excluding hydrogens is 355 g/mol. The number of hydrogen-bond donors (Lipinski definition) is 0. The van der Waals surface area contributed by atoms with Gasteiger partial charge in [0.25, 0.3) is 11.8 Å². The van der Waals surface area contributed by atoms with E-state index in [4.69, 9.17) is 4.42 Å². The molecule has 0 radical (unpaired) electrons. The third-order valence-corrected chi connectivity index (χ3v) is 6.61. The number of furan rings is 1. The summed E-state index contributed by atoms with van der Waals surface area (Å²) in [5, 5.41) is 0. The zero-order valence-corrected chi connectivity index (χ0v) is 15.0. The van der Waals surface area contributed by atoms with Crippen molar-refractivity contribution in [2.45, 2.75) is 17.7 Å². The van der Waals surface area contributed by atoms with E-state index in [1.165, 1.54) is 18.4 Å². The summed E-state index contributed by atoms with van der Waals surface area (Å²) in [7, 11) is 0. The topological polar surface area (TPSA) is 53.8 Å². The van der Waals surface area contributed by atoms with Gasteiger partial charge in [-0.3, -0.25) is 9.59 Å². The summed E-state index contributed by atoms with van der Waals surface area (Å²) < 4.78 is 18.7. The monoisotopic (exact) mass is 374 g/mol. The standard InChI is InChI=1S/C19H19FN2O3S/c20-15-4-1-3-14(13-15)17(23)21-8-6-19(7-9-21)22(10-12-26-19)18(24)16-5-2-11-25-16/h1-5,11,13H,6-10,12H2.